The number of carbonyl (C=O) groups is 3. The SMILES string of the molecule is CCCS(=O)(=O)c1ccc(C2=NN(C)C(=O)C2(C)N(OC(=O)OC(C)(C)C)C(=O)OC(C)(C)C)cc1. The minimum absolute atomic E-state index is 0.0115. The van der Waals surface area contributed by atoms with Gasteiger partial charge in [0.1, 0.15) is 16.9 Å². The molecule has 0 radical (unpaired) electrons. The Labute approximate surface area is 212 Å². The topological polar surface area (TPSA) is 132 Å². The van der Waals surface area contributed by atoms with Gasteiger partial charge in [0.25, 0.3) is 5.91 Å². The van der Waals surface area contributed by atoms with Crippen molar-refractivity contribution < 1.29 is 37.1 Å². The highest BCUT2D eigenvalue weighted by molar-refractivity contribution is 7.91. The minimum Gasteiger partial charge on any atom is -0.442 e. The standard InChI is InChI=1S/C24H35N3O8S/c1-10-15-36(31,32)17-13-11-16(12-14-17)18-24(8,19(28)26(9)25-18)27(20(29)33-22(2,3)4)35-21(30)34-23(5,6)7/h11-14H,10,15H2,1-9H3. The Kier molecular flexibility index (Phi) is 8.14. The van der Waals surface area contributed by atoms with E-state index in [0.29, 0.717) is 17.0 Å². The maximum absolute atomic E-state index is 13.3. The predicted molar refractivity (Wildman–Crippen MR) is 132 cm³/mol. The molecule has 1 unspecified atom stereocenters. The molecule has 1 aromatic carbocycles. The van der Waals surface area contributed by atoms with E-state index in [4.69, 9.17) is 14.3 Å². The van der Waals surface area contributed by atoms with Gasteiger partial charge in [-0.2, -0.15) is 5.10 Å². The maximum Gasteiger partial charge on any atom is 0.534 e. The number of amides is 2. The summed E-state index contributed by atoms with van der Waals surface area (Å²) >= 11 is 0. The lowest BCUT2D eigenvalue weighted by Gasteiger charge is -2.36. The van der Waals surface area contributed by atoms with Crippen LogP contribution in [0.3, 0.4) is 0 Å². The van der Waals surface area contributed by atoms with Gasteiger partial charge in [0.15, 0.2) is 9.84 Å². The van der Waals surface area contributed by atoms with E-state index < -0.39 is 44.7 Å². The second-order valence-electron chi connectivity index (χ2n) is 10.5. The van der Waals surface area contributed by atoms with E-state index in [0.717, 1.165) is 5.01 Å². The van der Waals surface area contributed by atoms with E-state index in [9.17, 15) is 22.8 Å². The molecule has 0 N–H and O–H groups in total. The molecule has 1 aliphatic rings. The molecule has 1 aliphatic heterocycles. The third kappa shape index (κ3) is 6.54. The molecular formula is C24H35N3O8S. The lowest BCUT2D eigenvalue weighted by atomic mass is 9.90. The molecule has 1 heterocycles. The quantitative estimate of drug-likeness (QED) is 0.418. The summed E-state index contributed by atoms with van der Waals surface area (Å²) in [6.07, 6.45) is -1.88. The van der Waals surface area contributed by atoms with E-state index in [1.807, 2.05) is 0 Å². The number of likely N-dealkylation sites (N-methyl/N-ethyl adjacent to an activating group) is 1. The molecule has 11 nitrogen and oxygen atoms in total. The first kappa shape index (κ1) is 29.1. The van der Waals surface area contributed by atoms with Crippen molar-refractivity contribution in [2.24, 2.45) is 5.10 Å². The van der Waals surface area contributed by atoms with Gasteiger partial charge in [-0.1, -0.05) is 19.1 Å². The number of nitrogens with zero attached hydrogens (tertiary/aromatic N) is 3. The predicted octanol–water partition coefficient (Wildman–Crippen LogP) is 3.91. The monoisotopic (exact) mass is 525 g/mol. The molecule has 0 saturated heterocycles. The number of ether oxygens (including phenoxy) is 2. The Morgan fingerprint density at radius 3 is 2.03 bits per heavy atom. The van der Waals surface area contributed by atoms with Gasteiger partial charge >= 0.3 is 12.2 Å². The van der Waals surface area contributed by atoms with Gasteiger partial charge in [0, 0.05) is 12.6 Å². The van der Waals surface area contributed by atoms with E-state index in [-0.39, 0.29) is 16.4 Å². The summed E-state index contributed by atoms with van der Waals surface area (Å²) in [5.74, 6) is -0.697. The van der Waals surface area contributed by atoms with Crippen molar-refractivity contribution in [2.75, 3.05) is 12.8 Å². The molecule has 0 bridgehead atoms. The number of hydrazone groups is 1. The van der Waals surface area contributed by atoms with Gasteiger partial charge in [0.2, 0.25) is 5.54 Å². The van der Waals surface area contributed by atoms with Crippen molar-refractivity contribution in [3.63, 3.8) is 0 Å². The van der Waals surface area contributed by atoms with Gasteiger partial charge in [-0.25, -0.2) is 23.0 Å². The fraction of sp³-hybridized carbons (Fsp3) is 0.583. The summed E-state index contributed by atoms with van der Waals surface area (Å²) < 4.78 is 35.5. The lowest BCUT2D eigenvalue weighted by Crippen LogP contribution is -2.61. The van der Waals surface area contributed by atoms with Crippen LogP contribution in [0.25, 0.3) is 0 Å². The van der Waals surface area contributed by atoms with Crippen LogP contribution in [0.15, 0.2) is 34.3 Å². The van der Waals surface area contributed by atoms with Crippen LogP contribution in [0.2, 0.25) is 0 Å². The third-order valence-corrected chi connectivity index (χ3v) is 6.84. The van der Waals surface area contributed by atoms with Crippen molar-refractivity contribution in [1.29, 1.82) is 0 Å². The molecular weight excluding hydrogens is 490 g/mol. The number of sulfone groups is 1. The Bertz CT molecular complexity index is 1150. The van der Waals surface area contributed by atoms with Crippen LogP contribution in [0.1, 0.15) is 67.4 Å². The average molecular weight is 526 g/mol. The van der Waals surface area contributed by atoms with Gasteiger partial charge in [-0.3, -0.25) is 9.63 Å². The zero-order valence-electron chi connectivity index (χ0n) is 22.2. The molecule has 12 heteroatoms. The van der Waals surface area contributed by atoms with Gasteiger partial charge in [-0.05, 0) is 67.0 Å². The summed E-state index contributed by atoms with van der Waals surface area (Å²) in [5.41, 5.74) is -3.48. The number of hydroxylamine groups is 2. The van der Waals surface area contributed by atoms with Crippen LogP contribution >= 0.6 is 0 Å². The fourth-order valence-electron chi connectivity index (χ4n) is 3.40. The second kappa shape index (κ2) is 10.1. The van der Waals surface area contributed by atoms with Crippen molar-refractivity contribution in [2.45, 2.75) is 83.4 Å². The molecule has 200 valence electrons. The molecule has 36 heavy (non-hydrogen) atoms. The lowest BCUT2D eigenvalue weighted by molar-refractivity contribution is -0.176. The van der Waals surface area contributed by atoms with Crippen molar-refractivity contribution in [3.8, 4) is 0 Å². The number of hydrogen-bond acceptors (Lipinski definition) is 9. The number of carbonyl (C=O) groups excluding carboxylic acids is 3. The molecule has 1 aromatic rings. The molecule has 0 aliphatic carbocycles. The number of hydrogen-bond donors (Lipinski definition) is 0. The van der Waals surface area contributed by atoms with Crippen LogP contribution in [0.5, 0.6) is 0 Å². The van der Waals surface area contributed by atoms with Crippen molar-refractivity contribution in [3.05, 3.63) is 29.8 Å². The first-order chi connectivity index (χ1) is 16.3. The minimum atomic E-state index is -3.47. The van der Waals surface area contributed by atoms with Crippen molar-refractivity contribution >= 4 is 33.7 Å². The highest BCUT2D eigenvalue weighted by Crippen LogP contribution is 2.32. The summed E-state index contributed by atoms with van der Waals surface area (Å²) in [7, 11) is -2.09. The Morgan fingerprint density at radius 1 is 1.03 bits per heavy atom. The molecule has 0 spiro atoms. The van der Waals surface area contributed by atoms with E-state index in [1.165, 1.54) is 38.2 Å². The zero-order valence-corrected chi connectivity index (χ0v) is 23.1. The smallest absolute Gasteiger partial charge is 0.442 e. The van der Waals surface area contributed by atoms with Gasteiger partial charge in [0.05, 0.1) is 10.6 Å². The van der Waals surface area contributed by atoms with Crippen LogP contribution in [0.4, 0.5) is 9.59 Å². The highest BCUT2D eigenvalue weighted by Gasteiger charge is 2.57. The van der Waals surface area contributed by atoms with E-state index in [2.05, 4.69) is 5.10 Å². The zero-order chi connectivity index (χ0) is 27.7. The van der Waals surface area contributed by atoms with Crippen LogP contribution in [-0.4, -0.2) is 71.9 Å². The first-order valence-electron chi connectivity index (χ1n) is 11.5. The molecule has 2 rings (SSSR count). The Hall–Kier alpha value is -3.15. The maximum atomic E-state index is 13.3. The van der Waals surface area contributed by atoms with E-state index >= 15 is 0 Å². The number of rotatable bonds is 5. The normalized spacial score (nSPS) is 18.5. The molecule has 0 aromatic heterocycles. The van der Waals surface area contributed by atoms with E-state index in [1.54, 1.807) is 48.5 Å². The molecule has 2 amide bonds. The molecule has 0 saturated carbocycles. The molecule has 1 atom stereocenters. The summed E-state index contributed by atoms with van der Waals surface area (Å²) in [6.45, 7) is 12.8. The Balaban J connectivity index is 2.58. The third-order valence-electron chi connectivity index (χ3n) is 4.90. The average Bonchev–Trinajstić information content (AvgIpc) is 2.94. The highest BCUT2D eigenvalue weighted by atomic mass is 32.2. The van der Waals surface area contributed by atoms with Crippen molar-refractivity contribution in [1.82, 2.24) is 10.1 Å². The fourth-order valence-corrected chi connectivity index (χ4v) is 4.72. The molecule has 0 fully saturated rings. The van der Waals surface area contributed by atoms with Crippen LogP contribution in [-0.2, 0) is 28.9 Å². The largest absolute Gasteiger partial charge is 0.534 e. The summed E-state index contributed by atoms with van der Waals surface area (Å²) in [6, 6.07) is 5.76. The second-order valence-corrected chi connectivity index (χ2v) is 12.6. The van der Waals surface area contributed by atoms with Crippen LogP contribution in [0, 0.1) is 0 Å². The summed E-state index contributed by atoms with van der Waals surface area (Å²) in [5, 5.41) is 5.79. The van der Waals surface area contributed by atoms with Crippen LogP contribution < -0.4 is 0 Å². The Morgan fingerprint density at radius 2 is 1.56 bits per heavy atom. The van der Waals surface area contributed by atoms with Gasteiger partial charge in [-0.15, -0.1) is 5.06 Å². The van der Waals surface area contributed by atoms with Gasteiger partial charge < -0.3 is 9.47 Å². The first-order valence-corrected chi connectivity index (χ1v) is 13.1. The summed E-state index contributed by atoms with van der Waals surface area (Å²) in [4.78, 5) is 44.5. The number of benzene rings is 1.